The predicted molar refractivity (Wildman–Crippen MR) is 73.4 cm³/mol. The molecule has 0 unspecified atom stereocenters. The maximum Gasteiger partial charge on any atom is 0.0722 e. The van der Waals surface area contributed by atoms with Crippen LogP contribution in [-0.2, 0) is 0 Å². The summed E-state index contributed by atoms with van der Waals surface area (Å²) < 4.78 is 0. The van der Waals surface area contributed by atoms with Crippen molar-refractivity contribution in [1.82, 2.24) is 4.98 Å². The average molecular weight is 229 g/mol. The van der Waals surface area contributed by atoms with E-state index in [1.165, 1.54) is 10.9 Å². The topological polar surface area (TPSA) is 50.9 Å². The van der Waals surface area contributed by atoms with Gasteiger partial charge in [-0.05, 0) is 29.7 Å². The Kier molecular flexibility index (Phi) is 3.59. The number of hydrogen-bond acceptors (Lipinski definition) is 3. The number of anilines is 1. The molecular weight excluding hydrogens is 210 g/mol. The van der Waals surface area contributed by atoms with Gasteiger partial charge < -0.3 is 11.1 Å². The molecule has 0 saturated heterocycles. The van der Waals surface area contributed by atoms with Crippen molar-refractivity contribution >= 4 is 16.6 Å². The molecule has 1 heterocycles. The normalized spacial score (nSPS) is 11.1. The molecule has 0 amide bonds. The highest BCUT2D eigenvalue weighted by molar-refractivity contribution is 5.91. The summed E-state index contributed by atoms with van der Waals surface area (Å²) in [5.41, 5.74) is 8.99. The first-order chi connectivity index (χ1) is 8.22. The van der Waals surface area contributed by atoms with Gasteiger partial charge in [0.2, 0.25) is 0 Å². The van der Waals surface area contributed by atoms with E-state index in [4.69, 9.17) is 5.73 Å². The van der Waals surface area contributed by atoms with Gasteiger partial charge in [0, 0.05) is 30.4 Å². The molecule has 0 bridgehead atoms. The molecule has 90 valence electrons. The van der Waals surface area contributed by atoms with E-state index >= 15 is 0 Å². The number of rotatable bonds is 4. The number of pyridine rings is 1. The Morgan fingerprint density at radius 2 is 2.12 bits per heavy atom. The lowest BCUT2D eigenvalue weighted by molar-refractivity contribution is 0.868. The van der Waals surface area contributed by atoms with E-state index in [1.54, 1.807) is 0 Å². The molecule has 0 atom stereocenters. The van der Waals surface area contributed by atoms with Crippen LogP contribution in [-0.4, -0.2) is 18.1 Å². The largest absolute Gasteiger partial charge is 0.383 e. The fraction of sp³-hybridized carbons (Fsp3) is 0.357. The third-order valence-corrected chi connectivity index (χ3v) is 2.89. The first-order valence-corrected chi connectivity index (χ1v) is 6.05. The van der Waals surface area contributed by atoms with Crippen LogP contribution in [0.1, 0.15) is 25.3 Å². The molecule has 0 fully saturated rings. The number of fused-ring (bicyclic) bond motifs is 1. The minimum atomic E-state index is 0.530. The van der Waals surface area contributed by atoms with Crippen LogP contribution < -0.4 is 11.1 Å². The molecule has 1 aromatic carbocycles. The zero-order chi connectivity index (χ0) is 12.3. The third kappa shape index (κ3) is 2.56. The summed E-state index contributed by atoms with van der Waals surface area (Å²) in [6.45, 7) is 5.81. The summed E-state index contributed by atoms with van der Waals surface area (Å²) in [5.74, 6) is 0.530. The lowest BCUT2D eigenvalue weighted by Crippen LogP contribution is -2.13. The quantitative estimate of drug-likeness (QED) is 0.847. The second-order valence-electron chi connectivity index (χ2n) is 4.51. The van der Waals surface area contributed by atoms with Gasteiger partial charge in [0.15, 0.2) is 0 Å². The van der Waals surface area contributed by atoms with Gasteiger partial charge in [-0.2, -0.15) is 0 Å². The Balaban J connectivity index is 2.48. The number of nitrogens with two attached hydrogens (primary N) is 1. The zero-order valence-electron chi connectivity index (χ0n) is 10.4. The van der Waals surface area contributed by atoms with Crippen LogP contribution in [0.15, 0.2) is 30.5 Å². The van der Waals surface area contributed by atoms with Crippen molar-refractivity contribution in [3.8, 4) is 0 Å². The van der Waals surface area contributed by atoms with Crippen LogP contribution >= 0.6 is 0 Å². The maximum absolute atomic E-state index is 5.52. The summed E-state index contributed by atoms with van der Waals surface area (Å²) in [5, 5.41) is 4.51. The molecule has 0 spiro atoms. The molecule has 17 heavy (non-hydrogen) atoms. The number of aromatic nitrogens is 1. The SMILES string of the molecule is CC(C)c1ccc2nccc(NCCN)c2c1. The third-order valence-electron chi connectivity index (χ3n) is 2.89. The van der Waals surface area contributed by atoms with Crippen molar-refractivity contribution in [3.05, 3.63) is 36.0 Å². The Morgan fingerprint density at radius 3 is 2.82 bits per heavy atom. The minimum Gasteiger partial charge on any atom is -0.383 e. The van der Waals surface area contributed by atoms with Crippen molar-refractivity contribution < 1.29 is 0 Å². The molecule has 0 aliphatic heterocycles. The summed E-state index contributed by atoms with van der Waals surface area (Å²) in [6.07, 6.45) is 1.83. The van der Waals surface area contributed by atoms with Gasteiger partial charge in [-0.3, -0.25) is 4.98 Å². The zero-order valence-corrected chi connectivity index (χ0v) is 10.4. The number of benzene rings is 1. The van der Waals surface area contributed by atoms with Crippen LogP contribution in [0.25, 0.3) is 10.9 Å². The van der Waals surface area contributed by atoms with Gasteiger partial charge in [-0.1, -0.05) is 19.9 Å². The molecule has 2 aromatic rings. The lowest BCUT2D eigenvalue weighted by Gasteiger charge is -2.11. The Morgan fingerprint density at radius 1 is 1.29 bits per heavy atom. The summed E-state index contributed by atoms with van der Waals surface area (Å²) in [4.78, 5) is 4.38. The lowest BCUT2D eigenvalue weighted by atomic mass is 10.0. The van der Waals surface area contributed by atoms with Crippen molar-refractivity contribution in [2.45, 2.75) is 19.8 Å². The summed E-state index contributed by atoms with van der Waals surface area (Å²) >= 11 is 0. The number of nitrogens with zero attached hydrogens (tertiary/aromatic N) is 1. The van der Waals surface area contributed by atoms with Crippen LogP contribution in [0.5, 0.6) is 0 Å². The fourth-order valence-electron chi connectivity index (χ4n) is 1.88. The first kappa shape index (κ1) is 11.9. The smallest absolute Gasteiger partial charge is 0.0722 e. The molecule has 2 rings (SSSR count). The molecule has 0 saturated carbocycles. The van der Waals surface area contributed by atoms with Gasteiger partial charge in [-0.25, -0.2) is 0 Å². The van der Waals surface area contributed by atoms with Crippen molar-refractivity contribution in [3.63, 3.8) is 0 Å². The number of nitrogens with one attached hydrogen (secondary N) is 1. The predicted octanol–water partition coefficient (Wildman–Crippen LogP) is 2.73. The molecule has 0 radical (unpaired) electrons. The van der Waals surface area contributed by atoms with E-state index in [1.807, 2.05) is 12.3 Å². The highest BCUT2D eigenvalue weighted by Crippen LogP contribution is 2.25. The monoisotopic (exact) mass is 229 g/mol. The van der Waals surface area contributed by atoms with Crippen LogP contribution in [0.4, 0.5) is 5.69 Å². The molecule has 0 aliphatic rings. The van der Waals surface area contributed by atoms with E-state index in [-0.39, 0.29) is 0 Å². The Hall–Kier alpha value is -1.61. The van der Waals surface area contributed by atoms with Crippen molar-refractivity contribution in [2.24, 2.45) is 5.73 Å². The highest BCUT2D eigenvalue weighted by atomic mass is 14.9. The average Bonchev–Trinajstić information content (AvgIpc) is 2.35. The van der Waals surface area contributed by atoms with E-state index < -0.39 is 0 Å². The van der Waals surface area contributed by atoms with Gasteiger partial charge in [-0.15, -0.1) is 0 Å². The summed E-state index contributed by atoms with van der Waals surface area (Å²) in [7, 11) is 0. The van der Waals surface area contributed by atoms with Gasteiger partial charge in [0.05, 0.1) is 5.52 Å². The molecular formula is C14H19N3. The molecule has 3 heteroatoms. The van der Waals surface area contributed by atoms with Crippen LogP contribution in [0.3, 0.4) is 0 Å². The second kappa shape index (κ2) is 5.15. The maximum atomic E-state index is 5.52. The van der Waals surface area contributed by atoms with Gasteiger partial charge in [0.25, 0.3) is 0 Å². The van der Waals surface area contributed by atoms with E-state index in [0.717, 1.165) is 17.7 Å². The van der Waals surface area contributed by atoms with E-state index in [9.17, 15) is 0 Å². The second-order valence-corrected chi connectivity index (χ2v) is 4.51. The van der Waals surface area contributed by atoms with Crippen LogP contribution in [0.2, 0.25) is 0 Å². The van der Waals surface area contributed by atoms with Crippen LogP contribution in [0, 0.1) is 0 Å². The van der Waals surface area contributed by atoms with E-state index in [0.29, 0.717) is 12.5 Å². The van der Waals surface area contributed by atoms with Crippen molar-refractivity contribution in [2.75, 3.05) is 18.4 Å². The number of hydrogen-bond donors (Lipinski definition) is 2. The molecule has 3 N–H and O–H groups in total. The Labute approximate surface area is 102 Å². The van der Waals surface area contributed by atoms with E-state index in [2.05, 4.69) is 42.3 Å². The summed E-state index contributed by atoms with van der Waals surface area (Å²) in [6, 6.07) is 8.44. The molecule has 0 aliphatic carbocycles. The first-order valence-electron chi connectivity index (χ1n) is 6.05. The molecule has 3 nitrogen and oxygen atoms in total. The van der Waals surface area contributed by atoms with Gasteiger partial charge >= 0.3 is 0 Å². The minimum absolute atomic E-state index is 0.530. The standard InChI is InChI=1S/C14H19N3/c1-10(2)11-3-4-13-12(9-11)14(5-7-16-13)17-8-6-15/h3-5,7,9-10H,6,8,15H2,1-2H3,(H,16,17). The highest BCUT2D eigenvalue weighted by Gasteiger charge is 2.04. The fourth-order valence-corrected chi connectivity index (χ4v) is 1.88. The van der Waals surface area contributed by atoms with Gasteiger partial charge in [0.1, 0.15) is 0 Å². The molecule has 1 aromatic heterocycles. The Bertz CT molecular complexity index is 506. The van der Waals surface area contributed by atoms with Crippen molar-refractivity contribution in [1.29, 1.82) is 0 Å².